The molecule has 0 heterocycles. The number of Topliss-reactive ketones (excluding diaryl/α,β-unsaturated/α-hetero) is 1. The number of ketones is 1. The van der Waals surface area contributed by atoms with Crippen LogP contribution in [0.5, 0.6) is 17.2 Å². The number of carbonyl (C=O) groups is 5. The SMILES string of the molecule is CCCCCCCCCC(C)C(=O)Cc1cc(C)ccc1C(C)C.CCCCCCCCCC(C)C(=O)OC1CC(C)CCC1C(C)C.CCCCCCCCCC(C)C(=O)Oc1cc(C(C)C)ccc1C.Cc1ccc(C(C)C)c(OC(=O)CCC(=O)Oc2cc(C)ccc2C(C)C)c1. The molecule has 0 saturated heterocycles. The van der Waals surface area contributed by atoms with E-state index < -0.39 is 11.9 Å². The molecule has 6 atom stereocenters. The van der Waals surface area contributed by atoms with Crippen LogP contribution in [0.25, 0.3) is 0 Å². The van der Waals surface area contributed by atoms with Gasteiger partial charge in [-0.15, -0.1) is 0 Å². The number of rotatable bonds is 41. The second kappa shape index (κ2) is 51.6. The highest BCUT2D eigenvalue weighted by atomic mass is 16.6. The van der Waals surface area contributed by atoms with Gasteiger partial charge in [0.1, 0.15) is 29.1 Å². The Morgan fingerprint density at radius 2 is 0.810 bits per heavy atom. The second-order valence-electron chi connectivity index (χ2n) is 31.7. The van der Waals surface area contributed by atoms with Gasteiger partial charge < -0.3 is 18.9 Å². The van der Waals surface area contributed by atoms with Crippen LogP contribution < -0.4 is 14.2 Å². The molecule has 6 unspecified atom stereocenters. The molecule has 0 N–H and O–H groups in total. The molecule has 0 aromatic heterocycles. The fraction of sp³-hybridized carbons (Fsp3) is 0.681. The monoisotopic (exact) mass is 1380 g/mol. The van der Waals surface area contributed by atoms with Crippen molar-refractivity contribution in [3.63, 3.8) is 0 Å². The number of benzene rings is 4. The first-order valence-electron chi connectivity index (χ1n) is 40.3. The van der Waals surface area contributed by atoms with Crippen molar-refractivity contribution in [3.8, 4) is 17.2 Å². The zero-order valence-corrected chi connectivity index (χ0v) is 67.7. The van der Waals surface area contributed by atoms with E-state index in [1.165, 1.54) is 157 Å². The van der Waals surface area contributed by atoms with Crippen molar-refractivity contribution >= 4 is 29.7 Å². The van der Waals surface area contributed by atoms with Crippen molar-refractivity contribution in [2.24, 2.45) is 35.5 Å². The van der Waals surface area contributed by atoms with Crippen molar-refractivity contribution in [3.05, 3.63) is 123 Å². The molecule has 1 aliphatic carbocycles. The minimum absolute atomic E-state index is 0.0207. The summed E-state index contributed by atoms with van der Waals surface area (Å²) >= 11 is 0. The largest absolute Gasteiger partial charge is 0.462 e. The molecular formula is C91H146O9. The van der Waals surface area contributed by atoms with Gasteiger partial charge in [0.25, 0.3) is 0 Å². The maximum atomic E-state index is 12.6. The van der Waals surface area contributed by atoms with Gasteiger partial charge in [0.2, 0.25) is 0 Å². The van der Waals surface area contributed by atoms with Crippen molar-refractivity contribution in [2.45, 2.75) is 368 Å². The van der Waals surface area contributed by atoms with Crippen LogP contribution in [0.15, 0.2) is 72.8 Å². The molecular weight excluding hydrogens is 1240 g/mol. The van der Waals surface area contributed by atoms with Gasteiger partial charge in [-0.2, -0.15) is 0 Å². The van der Waals surface area contributed by atoms with Crippen molar-refractivity contribution in [1.82, 2.24) is 0 Å². The Bertz CT molecular complexity index is 2860. The molecule has 1 saturated carbocycles. The number of ether oxygens (including phenoxy) is 4. The smallest absolute Gasteiger partial charge is 0.314 e. The van der Waals surface area contributed by atoms with Crippen molar-refractivity contribution in [2.75, 3.05) is 0 Å². The third-order valence-corrected chi connectivity index (χ3v) is 20.2. The lowest BCUT2D eigenvalue weighted by atomic mass is 9.75. The zero-order valence-electron chi connectivity index (χ0n) is 67.7. The first kappa shape index (κ1) is 90.5. The van der Waals surface area contributed by atoms with Gasteiger partial charge in [-0.25, -0.2) is 0 Å². The Hall–Kier alpha value is -5.57. The van der Waals surface area contributed by atoms with E-state index in [0.29, 0.717) is 53.3 Å². The summed E-state index contributed by atoms with van der Waals surface area (Å²) in [5.74, 6) is 4.82. The first-order chi connectivity index (χ1) is 47.5. The molecule has 4 aromatic carbocycles. The van der Waals surface area contributed by atoms with Crippen molar-refractivity contribution in [1.29, 1.82) is 0 Å². The molecule has 564 valence electrons. The molecule has 0 radical (unpaired) electrons. The van der Waals surface area contributed by atoms with Gasteiger partial charge in [0, 0.05) is 12.3 Å². The molecule has 1 aliphatic rings. The predicted molar refractivity (Wildman–Crippen MR) is 422 cm³/mol. The molecule has 1 fully saturated rings. The van der Waals surface area contributed by atoms with Gasteiger partial charge >= 0.3 is 23.9 Å². The van der Waals surface area contributed by atoms with Crippen molar-refractivity contribution < 1.29 is 42.9 Å². The Morgan fingerprint density at radius 3 is 1.23 bits per heavy atom. The molecule has 9 heteroatoms. The lowest BCUT2D eigenvalue weighted by Crippen LogP contribution is -2.37. The molecule has 0 bridgehead atoms. The summed E-state index contributed by atoms with van der Waals surface area (Å²) in [5, 5.41) is 0. The maximum Gasteiger partial charge on any atom is 0.314 e. The summed E-state index contributed by atoms with van der Waals surface area (Å²) in [4.78, 5) is 61.9. The topological polar surface area (TPSA) is 122 Å². The number of esters is 4. The Morgan fingerprint density at radius 1 is 0.410 bits per heavy atom. The predicted octanol–water partition coefficient (Wildman–Crippen LogP) is 26.4. The van der Waals surface area contributed by atoms with Gasteiger partial charge in [-0.1, -0.05) is 319 Å². The molecule has 0 amide bonds. The summed E-state index contributed by atoms with van der Waals surface area (Å²) in [6.45, 7) is 44.7. The van der Waals surface area contributed by atoms with Gasteiger partial charge in [0.15, 0.2) is 0 Å². The highest BCUT2D eigenvalue weighted by molar-refractivity contribution is 5.83. The number of carbonyl (C=O) groups excluding carboxylic acids is 5. The van der Waals surface area contributed by atoms with E-state index in [2.05, 4.69) is 114 Å². The van der Waals surface area contributed by atoms with E-state index in [1.54, 1.807) is 0 Å². The van der Waals surface area contributed by atoms with E-state index in [4.69, 9.17) is 18.9 Å². The number of hydrogen-bond acceptors (Lipinski definition) is 9. The summed E-state index contributed by atoms with van der Waals surface area (Å²) in [5.41, 5.74) is 10.0. The lowest BCUT2D eigenvalue weighted by molar-refractivity contribution is -0.160. The third kappa shape index (κ3) is 37.6. The summed E-state index contributed by atoms with van der Waals surface area (Å²) in [6.07, 6.45) is 34.5. The van der Waals surface area contributed by atoms with Crippen LogP contribution in [-0.4, -0.2) is 35.8 Å². The van der Waals surface area contributed by atoms with E-state index >= 15 is 0 Å². The normalized spacial score (nSPS) is 15.2. The fourth-order valence-corrected chi connectivity index (χ4v) is 13.2. The average molecular weight is 1380 g/mol. The summed E-state index contributed by atoms with van der Waals surface area (Å²) < 4.78 is 22.7. The zero-order chi connectivity index (χ0) is 74.7. The quantitative estimate of drug-likeness (QED) is 0.0243. The van der Waals surface area contributed by atoms with Crippen LogP contribution >= 0.6 is 0 Å². The Balaban J connectivity index is 0.000000455. The second-order valence-corrected chi connectivity index (χ2v) is 31.7. The molecule has 4 aromatic rings. The van der Waals surface area contributed by atoms with Gasteiger partial charge in [-0.05, 0) is 164 Å². The maximum absolute atomic E-state index is 12.6. The van der Waals surface area contributed by atoms with Crippen LogP contribution in [0.4, 0.5) is 0 Å². The summed E-state index contributed by atoms with van der Waals surface area (Å²) in [6, 6.07) is 24.4. The standard InChI is InChI=1S/C24H30O4.C23H38O.C22H36O2.C22H42O2/c1-15(2)19-9-7-17(5)13-21(19)27-23(25)11-12-24(26)28-22-14-18(6)8-10-20(22)16(3)4;1-6-7-8-9-10-11-12-13-20(5)23(24)17-21-16-19(4)14-15-22(21)18(2)3;1-6-7-8-9-10-11-12-13-19(5)22(23)24-21-16-20(17(2)3)15-14-18(21)4;1-6-7-8-9-10-11-12-13-19(5)22(23)24-21-16-18(4)14-15-20(21)17(2)3/h7-10,13-16H,11-12H2,1-6H3;14-16,18,20H,6-13,17H2,1-5H3;14-17,19H,6-13H2,1-5H3;17-21H,6-16H2,1-5H3. The number of aryl methyl sites for hydroxylation is 4. The number of unbranched alkanes of at least 4 members (excludes halogenated alkanes) is 18. The van der Waals surface area contributed by atoms with Crippen LogP contribution in [0.1, 0.15) is 378 Å². The first-order valence-corrected chi connectivity index (χ1v) is 40.3. The highest BCUT2D eigenvalue weighted by Crippen LogP contribution is 2.37. The molecule has 100 heavy (non-hydrogen) atoms. The Kier molecular flexibility index (Phi) is 46.7. The fourth-order valence-electron chi connectivity index (χ4n) is 13.2. The molecule has 0 aliphatic heterocycles. The molecule has 9 nitrogen and oxygen atoms in total. The van der Waals surface area contributed by atoms with E-state index in [0.717, 1.165) is 72.1 Å². The van der Waals surface area contributed by atoms with Gasteiger partial charge in [0.05, 0.1) is 24.7 Å². The van der Waals surface area contributed by atoms with Gasteiger partial charge in [-0.3, -0.25) is 24.0 Å². The molecule has 0 spiro atoms. The lowest BCUT2D eigenvalue weighted by Gasteiger charge is -2.37. The highest BCUT2D eigenvalue weighted by Gasteiger charge is 2.34. The average Bonchev–Trinajstić information content (AvgIpc) is 0.881. The van der Waals surface area contributed by atoms with E-state index in [9.17, 15) is 24.0 Å². The minimum Gasteiger partial charge on any atom is -0.462 e. The van der Waals surface area contributed by atoms with E-state index in [-0.39, 0.29) is 60.5 Å². The Labute approximate surface area is 612 Å². The molecule has 5 rings (SSSR count). The third-order valence-electron chi connectivity index (χ3n) is 20.2. The number of hydrogen-bond donors (Lipinski definition) is 0. The van der Waals surface area contributed by atoms with Crippen LogP contribution in [0.3, 0.4) is 0 Å². The van der Waals surface area contributed by atoms with Crippen LogP contribution in [0, 0.1) is 63.2 Å². The van der Waals surface area contributed by atoms with Crippen LogP contribution in [0.2, 0.25) is 0 Å². The van der Waals surface area contributed by atoms with Crippen LogP contribution in [-0.2, 0) is 35.1 Å². The van der Waals surface area contributed by atoms with E-state index in [1.807, 2.05) is 104 Å². The minimum atomic E-state index is -0.433. The summed E-state index contributed by atoms with van der Waals surface area (Å²) in [7, 11) is 0.